The molecule has 0 spiro atoms. The van der Waals surface area contributed by atoms with Gasteiger partial charge in [0.05, 0.1) is 6.61 Å². The maximum absolute atomic E-state index is 8.94. The Morgan fingerprint density at radius 2 is 2.18 bits per heavy atom. The Morgan fingerprint density at radius 3 is 2.64 bits per heavy atom. The molecule has 1 aromatic rings. The van der Waals surface area contributed by atoms with Crippen molar-refractivity contribution < 1.29 is 5.11 Å². The van der Waals surface area contributed by atoms with Crippen LogP contribution in [0.5, 0.6) is 0 Å². The quantitative estimate of drug-likeness (QED) is 0.647. The molecular weight excluding hydrogens is 156 g/mol. The van der Waals surface area contributed by atoms with Gasteiger partial charge in [0.2, 0.25) is 0 Å². The van der Waals surface area contributed by atoms with E-state index in [1.54, 1.807) is 0 Å². The smallest absolute Gasteiger partial charge is 0.0684 e. The van der Waals surface area contributed by atoms with Crippen molar-refractivity contribution in [3.63, 3.8) is 0 Å². The Morgan fingerprint density at radius 1 is 1.45 bits per heavy atom. The molecule has 0 radical (unpaired) electrons. The number of rotatable bonds is 2. The predicted molar refractivity (Wildman–Crippen MR) is 49.0 cm³/mol. The first-order valence-electron chi connectivity index (χ1n) is 3.70. The van der Waals surface area contributed by atoms with Gasteiger partial charge in [-0.3, -0.25) is 0 Å². The molecule has 1 nitrogen and oxygen atoms in total. The van der Waals surface area contributed by atoms with Crippen LogP contribution in [0.1, 0.15) is 18.1 Å². The van der Waals surface area contributed by atoms with E-state index in [0.29, 0.717) is 0 Å². The molecule has 1 rings (SSSR count). The zero-order valence-corrected chi connectivity index (χ0v) is 7.44. The third-order valence-electron chi connectivity index (χ3n) is 1.77. The molecule has 0 aliphatic heterocycles. The molecule has 0 heterocycles. The summed E-state index contributed by atoms with van der Waals surface area (Å²) >= 11 is 4.29. The van der Waals surface area contributed by atoms with Gasteiger partial charge < -0.3 is 5.11 Å². The van der Waals surface area contributed by atoms with Crippen LogP contribution in [0.3, 0.4) is 0 Å². The van der Waals surface area contributed by atoms with E-state index in [4.69, 9.17) is 5.11 Å². The number of aliphatic hydroxyl groups excluding tert-OH is 1. The minimum absolute atomic E-state index is 0.109. The lowest BCUT2D eigenvalue weighted by atomic mass is 10.1. The third kappa shape index (κ3) is 1.76. The van der Waals surface area contributed by atoms with Crippen LogP contribution in [0, 0.1) is 0 Å². The highest BCUT2D eigenvalue weighted by Crippen LogP contribution is 2.18. The normalized spacial score (nSPS) is 10.1. The molecule has 11 heavy (non-hydrogen) atoms. The van der Waals surface area contributed by atoms with Crippen LogP contribution in [-0.4, -0.2) is 5.11 Å². The first-order valence-corrected chi connectivity index (χ1v) is 4.15. The number of benzene rings is 1. The third-order valence-corrected chi connectivity index (χ3v) is 2.19. The van der Waals surface area contributed by atoms with Crippen LogP contribution in [0.25, 0.3) is 0 Å². The Kier molecular flexibility index (Phi) is 2.97. The fraction of sp³-hybridized carbons (Fsp3) is 0.333. The summed E-state index contributed by atoms with van der Waals surface area (Å²) < 4.78 is 0. The maximum atomic E-state index is 8.94. The van der Waals surface area contributed by atoms with E-state index in [1.165, 1.54) is 0 Å². The summed E-state index contributed by atoms with van der Waals surface area (Å²) in [6, 6.07) is 5.78. The molecule has 0 aliphatic rings. The summed E-state index contributed by atoms with van der Waals surface area (Å²) in [4.78, 5) is 0.971. The lowest BCUT2D eigenvalue weighted by molar-refractivity contribution is 0.280. The van der Waals surface area contributed by atoms with Crippen molar-refractivity contribution in [1.82, 2.24) is 0 Å². The minimum Gasteiger partial charge on any atom is -0.392 e. The first kappa shape index (κ1) is 8.62. The molecule has 1 N–H and O–H groups in total. The average Bonchev–Trinajstić information content (AvgIpc) is 2.04. The summed E-state index contributed by atoms with van der Waals surface area (Å²) in [5.41, 5.74) is 2.14. The molecular formula is C9H12OS. The van der Waals surface area contributed by atoms with Crippen LogP contribution in [0.2, 0.25) is 0 Å². The Balaban J connectivity index is 3.13. The van der Waals surface area contributed by atoms with E-state index in [2.05, 4.69) is 19.6 Å². The van der Waals surface area contributed by atoms with Crippen LogP contribution in [-0.2, 0) is 13.0 Å². The molecule has 0 aliphatic carbocycles. The van der Waals surface area contributed by atoms with Gasteiger partial charge in [0.15, 0.2) is 0 Å². The lowest BCUT2D eigenvalue weighted by Gasteiger charge is -2.06. The van der Waals surface area contributed by atoms with Gasteiger partial charge in [-0.1, -0.05) is 19.1 Å². The average molecular weight is 168 g/mol. The van der Waals surface area contributed by atoms with E-state index in [1.807, 2.05) is 18.2 Å². The van der Waals surface area contributed by atoms with Gasteiger partial charge >= 0.3 is 0 Å². The van der Waals surface area contributed by atoms with Crippen LogP contribution >= 0.6 is 12.6 Å². The van der Waals surface area contributed by atoms with E-state index >= 15 is 0 Å². The summed E-state index contributed by atoms with van der Waals surface area (Å²) in [5.74, 6) is 0. The van der Waals surface area contributed by atoms with Crippen molar-refractivity contribution in [2.24, 2.45) is 0 Å². The Bertz CT molecular complexity index is 245. The monoisotopic (exact) mass is 168 g/mol. The fourth-order valence-corrected chi connectivity index (χ4v) is 1.57. The molecule has 2 heteroatoms. The van der Waals surface area contributed by atoms with Crippen LogP contribution in [0.15, 0.2) is 23.1 Å². The lowest BCUT2D eigenvalue weighted by Crippen LogP contribution is -1.92. The highest BCUT2D eigenvalue weighted by Gasteiger charge is 2.01. The van der Waals surface area contributed by atoms with Crippen molar-refractivity contribution in [2.75, 3.05) is 0 Å². The SMILES string of the molecule is CCc1c(S)cccc1CO. The summed E-state index contributed by atoms with van der Waals surface area (Å²) in [6.45, 7) is 2.17. The number of aliphatic hydroxyl groups is 1. The van der Waals surface area contributed by atoms with Crippen molar-refractivity contribution in [3.05, 3.63) is 29.3 Å². The molecule has 0 unspecified atom stereocenters. The second-order valence-electron chi connectivity index (χ2n) is 2.43. The topological polar surface area (TPSA) is 20.2 Å². The molecule has 0 atom stereocenters. The standard InChI is InChI=1S/C9H12OS/c1-2-8-7(6-10)4-3-5-9(8)11/h3-5,10-11H,2,6H2,1H3. The maximum Gasteiger partial charge on any atom is 0.0684 e. The molecule has 1 aromatic carbocycles. The van der Waals surface area contributed by atoms with Crippen molar-refractivity contribution in [3.8, 4) is 0 Å². The van der Waals surface area contributed by atoms with Crippen molar-refractivity contribution in [1.29, 1.82) is 0 Å². The van der Waals surface area contributed by atoms with E-state index in [0.717, 1.165) is 22.4 Å². The minimum atomic E-state index is 0.109. The van der Waals surface area contributed by atoms with Gasteiger partial charge in [0.25, 0.3) is 0 Å². The largest absolute Gasteiger partial charge is 0.392 e. The van der Waals surface area contributed by atoms with Gasteiger partial charge in [-0.15, -0.1) is 12.6 Å². The molecule has 0 amide bonds. The molecule has 60 valence electrons. The Labute approximate surface area is 72.5 Å². The zero-order chi connectivity index (χ0) is 8.27. The Hall–Kier alpha value is -0.470. The second-order valence-corrected chi connectivity index (χ2v) is 2.91. The van der Waals surface area contributed by atoms with Gasteiger partial charge in [0.1, 0.15) is 0 Å². The summed E-state index contributed by atoms with van der Waals surface area (Å²) in [6.07, 6.45) is 0.926. The van der Waals surface area contributed by atoms with Gasteiger partial charge in [-0.05, 0) is 23.6 Å². The molecule has 0 aromatic heterocycles. The summed E-state index contributed by atoms with van der Waals surface area (Å²) in [5, 5.41) is 8.94. The number of thiol groups is 1. The second kappa shape index (κ2) is 3.79. The van der Waals surface area contributed by atoms with Crippen molar-refractivity contribution >= 4 is 12.6 Å². The molecule has 0 saturated carbocycles. The highest BCUT2D eigenvalue weighted by atomic mass is 32.1. The number of hydrogen-bond donors (Lipinski definition) is 2. The zero-order valence-electron chi connectivity index (χ0n) is 6.54. The predicted octanol–water partition coefficient (Wildman–Crippen LogP) is 2.03. The number of hydrogen-bond acceptors (Lipinski definition) is 2. The molecule has 0 saturated heterocycles. The van der Waals surface area contributed by atoms with Crippen LogP contribution < -0.4 is 0 Å². The highest BCUT2D eigenvalue weighted by molar-refractivity contribution is 7.80. The van der Waals surface area contributed by atoms with Gasteiger partial charge in [0, 0.05) is 4.90 Å². The van der Waals surface area contributed by atoms with E-state index in [-0.39, 0.29) is 6.61 Å². The van der Waals surface area contributed by atoms with Gasteiger partial charge in [-0.25, -0.2) is 0 Å². The summed E-state index contributed by atoms with van der Waals surface area (Å²) in [7, 11) is 0. The van der Waals surface area contributed by atoms with Gasteiger partial charge in [-0.2, -0.15) is 0 Å². The molecule has 0 bridgehead atoms. The first-order chi connectivity index (χ1) is 5.29. The van der Waals surface area contributed by atoms with Crippen molar-refractivity contribution in [2.45, 2.75) is 24.8 Å². The van der Waals surface area contributed by atoms with Crippen LogP contribution in [0.4, 0.5) is 0 Å². The molecule has 0 fully saturated rings. The fourth-order valence-electron chi connectivity index (χ4n) is 1.18. The van der Waals surface area contributed by atoms with E-state index < -0.39 is 0 Å². The van der Waals surface area contributed by atoms with E-state index in [9.17, 15) is 0 Å².